The summed E-state index contributed by atoms with van der Waals surface area (Å²) in [5, 5.41) is 3.68. The highest BCUT2D eigenvalue weighted by Gasteiger charge is 2.31. The van der Waals surface area contributed by atoms with Crippen LogP contribution in [-0.2, 0) is 19.4 Å². The van der Waals surface area contributed by atoms with Crippen LogP contribution in [0.4, 0.5) is 4.39 Å². The van der Waals surface area contributed by atoms with E-state index in [0.717, 1.165) is 44.5 Å². The first kappa shape index (κ1) is 23.5. The van der Waals surface area contributed by atoms with E-state index in [-0.39, 0.29) is 32.9 Å². The van der Waals surface area contributed by atoms with Crippen LogP contribution in [0.2, 0.25) is 0 Å². The van der Waals surface area contributed by atoms with Gasteiger partial charge in [0, 0.05) is 31.9 Å². The van der Waals surface area contributed by atoms with Crippen LogP contribution in [0.3, 0.4) is 0 Å². The van der Waals surface area contributed by atoms with E-state index < -0.39 is 0 Å². The van der Waals surface area contributed by atoms with E-state index in [1.807, 2.05) is 12.3 Å². The summed E-state index contributed by atoms with van der Waals surface area (Å²) in [4.78, 5) is 7.03. The van der Waals surface area contributed by atoms with Crippen molar-refractivity contribution in [1.29, 1.82) is 0 Å². The van der Waals surface area contributed by atoms with Gasteiger partial charge in [0.2, 0.25) is 0 Å². The number of fused-ring (bicyclic) bond motifs is 2. The molecule has 3 N–H and O–H groups in total. The van der Waals surface area contributed by atoms with Crippen molar-refractivity contribution in [3.05, 3.63) is 76.4 Å². The van der Waals surface area contributed by atoms with E-state index in [0.29, 0.717) is 5.57 Å². The third kappa shape index (κ3) is 5.66. The number of benzene rings is 1. The van der Waals surface area contributed by atoms with Crippen LogP contribution in [0.25, 0.3) is 0 Å². The van der Waals surface area contributed by atoms with Crippen molar-refractivity contribution in [2.75, 3.05) is 19.6 Å². The summed E-state index contributed by atoms with van der Waals surface area (Å²) in [6.07, 6.45) is 6.00. The van der Waals surface area contributed by atoms with Gasteiger partial charge in [-0.1, -0.05) is 75.5 Å². The highest BCUT2D eigenvalue weighted by Crippen LogP contribution is 2.35. The zero-order chi connectivity index (χ0) is 21.8. The van der Waals surface area contributed by atoms with E-state index in [2.05, 4.69) is 85.7 Å². The smallest absolute Gasteiger partial charge is 0.116 e. The van der Waals surface area contributed by atoms with E-state index in [1.54, 1.807) is 0 Å². The van der Waals surface area contributed by atoms with Crippen molar-refractivity contribution in [2.24, 2.45) is 5.73 Å². The average Bonchev–Trinajstić information content (AvgIpc) is 2.78. The number of rotatable bonds is 7. The molecule has 1 aliphatic carbocycles. The Balaban J connectivity index is 1.61. The molecule has 2 aliphatic rings. The molecule has 7 heteroatoms. The van der Waals surface area contributed by atoms with Crippen molar-refractivity contribution in [3.8, 4) is 0 Å². The van der Waals surface area contributed by atoms with Crippen LogP contribution in [-0.4, -0.2) is 37.5 Å². The maximum absolute atomic E-state index is 15.4. The third-order valence-electron chi connectivity index (χ3n) is 6.40. The molecule has 0 saturated carbocycles. The number of nitrogens with one attached hydrogen (secondary N) is 1. The van der Waals surface area contributed by atoms with Crippen LogP contribution < -0.4 is 11.1 Å². The number of alkyl halides is 2. The van der Waals surface area contributed by atoms with Gasteiger partial charge in [-0.2, -0.15) is 0 Å². The van der Waals surface area contributed by atoms with Crippen LogP contribution in [0.5, 0.6) is 0 Å². The first-order valence-corrected chi connectivity index (χ1v) is 13.4. The van der Waals surface area contributed by atoms with Gasteiger partial charge in [0.1, 0.15) is 5.83 Å². The first-order valence-electron chi connectivity index (χ1n) is 10.9. The summed E-state index contributed by atoms with van der Waals surface area (Å²) in [7, 11) is 0. The molecular weight excluding hydrogens is 617 g/mol. The van der Waals surface area contributed by atoms with Gasteiger partial charge in [-0.3, -0.25) is 9.88 Å². The Morgan fingerprint density at radius 1 is 1.19 bits per heavy atom. The van der Waals surface area contributed by atoms with Crippen LogP contribution in [0.1, 0.15) is 41.3 Å². The third-order valence-corrected chi connectivity index (χ3v) is 7.90. The van der Waals surface area contributed by atoms with Crippen LogP contribution in [0.15, 0.2) is 54.0 Å². The number of halogens is 3. The lowest BCUT2D eigenvalue weighted by molar-refractivity contribution is 0.157. The van der Waals surface area contributed by atoms with Gasteiger partial charge in [-0.25, -0.2) is 4.39 Å². The Labute approximate surface area is 211 Å². The molecule has 1 aromatic heterocycles. The number of aryl methyl sites for hydroxylation is 1. The molecule has 0 amide bonds. The number of hydrogen-bond acceptors (Lipinski definition) is 4. The Morgan fingerprint density at radius 2 is 1.97 bits per heavy atom. The lowest BCUT2D eigenvalue weighted by Crippen LogP contribution is -2.47. The van der Waals surface area contributed by atoms with Crippen molar-refractivity contribution < 1.29 is 4.39 Å². The Kier molecular flexibility index (Phi) is 8.35. The molecule has 166 valence electrons. The largest absolute Gasteiger partial charge is 0.327 e. The second-order valence-electron chi connectivity index (χ2n) is 8.37. The molecule has 0 fully saturated rings. The van der Waals surface area contributed by atoms with Gasteiger partial charge in [0.15, 0.2) is 0 Å². The zero-order valence-electron chi connectivity index (χ0n) is 17.5. The van der Waals surface area contributed by atoms with Gasteiger partial charge < -0.3 is 11.1 Å². The normalized spacial score (nSPS) is 21.6. The lowest BCUT2D eigenvalue weighted by Gasteiger charge is -2.38. The number of nitrogens with zero attached hydrogens (tertiary/aromatic N) is 2. The average molecular weight is 646 g/mol. The second kappa shape index (κ2) is 11.0. The van der Waals surface area contributed by atoms with Gasteiger partial charge in [0.25, 0.3) is 0 Å². The monoisotopic (exact) mass is 646 g/mol. The molecule has 1 aromatic carbocycles. The molecule has 1 unspecified atom stereocenters. The maximum atomic E-state index is 15.4. The first-order chi connectivity index (χ1) is 15.1. The topological polar surface area (TPSA) is 54.2 Å². The molecule has 31 heavy (non-hydrogen) atoms. The van der Waals surface area contributed by atoms with Crippen molar-refractivity contribution >= 4 is 45.2 Å². The van der Waals surface area contributed by atoms with E-state index >= 15 is 4.39 Å². The maximum Gasteiger partial charge on any atom is 0.116 e. The molecular formula is C24H29FI2N4. The molecule has 2 atom stereocenters. The quantitative estimate of drug-likeness (QED) is 0.334. The van der Waals surface area contributed by atoms with Gasteiger partial charge >= 0.3 is 0 Å². The standard InChI is InChI=1S/C24H29FI2N4/c25-21(20(12-28)24(26)27)15-31(22-9-3-7-16-8-4-10-29-23(16)22)14-19-11-17-5-1-2-6-18(17)13-30-19/h1-2,4-6,8,10,19,22,24,30H,3,7,9,11-15,28H2/b21-20+/t19?,22-/m0/s1. The minimum Gasteiger partial charge on any atom is -0.327 e. The Hall–Kier alpha value is -0.620. The summed E-state index contributed by atoms with van der Waals surface area (Å²) in [6.45, 7) is 2.19. The molecule has 0 saturated heterocycles. The molecule has 0 bridgehead atoms. The van der Waals surface area contributed by atoms with E-state index in [4.69, 9.17) is 10.7 Å². The fourth-order valence-electron chi connectivity index (χ4n) is 4.77. The number of pyridine rings is 1. The van der Waals surface area contributed by atoms with E-state index in [9.17, 15) is 0 Å². The fourth-order valence-corrected chi connectivity index (χ4v) is 5.96. The molecule has 0 radical (unpaired) electrons. The predicted molar refractivity (Wildman–Crippen MR) is 141 cm³/mol. The predicted octanol–water partition coefficient (Wildman–Crippen LogP) is 4.85. The molecule has 4 nitrogen and oxygen atoms in total. The lowest BCUT2D eigenvalue weighted by atomic mass is 9.89. The summed E-state index contributed by atoms with van der Waals surface area (Å²) >= 11 is 4.48. The van der Waals surface area contributed by atoms with Crippen molar-refractivity contribution in [2.45, 2.75) is 46.2 Å². The zero-order valence-corrected chi connectivity index (χ0v) is 21.9. The summed E-state index contributed by atoms with van der Waals surface area (Å²) in [5.41, 5.74) is 11.8. The minimum atomic E-state index is -0.0874. The Morgan fingerprint density at radius 3 is 2.74 bits per heavy atom. The molecule has 1 aliphatic heterocycles. The van der Waals surface area contributed by atoms with Crippen molar-refractivity contribution in [1.82, 2.24) is 15.2 Å². The number of nitrogens with two attached hydrogens (primary N) is 1. The molecule has 2 aromatic rings. The highest BCUT2D eigenvalue weighted by molar-refractivity contribution is 14.2. The SMILES string of the molecule is NC/C(=C(\F)CN(CC1Cc2ccccc2CN1)[C@H]1CCCc2cccnc21)C(I)I. The number of aromatic nitrogens is 1. The highest BCUT2D eigenvalue weighted by atomic mass is 127. The van der Waals surface area contributed by atoms with Crippen LogP contribution in [0, 0.1) is 0 Å². The summed E-state index contributed by atoms with van der Waals surface area (Å²) in [6, 6.07) is 13.2. The molecule has 4 rings (SSSR count). The molecule has 0 spiro atoms. The number of hydrogen-bond donors (Lipinski definition) is 2. The van der Waals surface area contributed by atoms with Gasteiger partial charge in [-0.05, 0) is 54.0 Å². The summed E-state index contributed by atoms with van der Waals surface area (Å²) < 4.78 is 15.5. The summed E-state index contributed by atoms with van der Waals surface area (Å²) in [5.74, 6) is -0.0874. The van der Waals surface area contributed by atoms with Gasteiger partial charge in [0.05, 0.1) is 20.2 Å². The van der Waals surface area contributed by atoms with E-state index in [1.165, 1.54) is 16.7 Å². The minimum absolute atomic E-state index is 0.0542. The van der Waals surface area contributed by atoms with Crippen molar-refractivity contribution in [3.63, 3.8) is 0 Å². The second-order valence-corrected chi connectivity index (χ2v) is 13.2. The molecule has 2 heterocycles. The fraction of sp³-hybridized carbons (Fsp3) is 0.458. The Bertz CT molecular complexity index is 933. The van der Waals surface area contributed by atoms with Gasteiger partial charge in [-0.15, -0.1) is 0 Å². The van der Waals surface area contributed by atoms with Crippen LogP contribution >= 0.6 is 45.2 Å².